The van der Waals surface area contributed by atoms with Crippen molar-refractivity contribution < 1.29 is 9.22 Å². The van der Waals surface area contributed by atoms with Gasteiger partial charge in [0.05, 0.1) is 0 Å². The summed E-state index contributed by atoms with van der Waals surface area (Å²) in [6.07, 6.45) is 0.382. The summed E-state index contributed by atoms with van der Waals surface area (Å²) in [6.45, 7) is 13.1. The van der Waals surface area contributed by atoms with Crippen LogP contribution in [0, 0.1) is 3.57 Å². The smallest absolute Gasteiger partial charge is 0.192 e. The molecule has 0 aliphatic carbocycles. The Hall–Kier alpha value is 0.277. The summed E-state index contributed by atoms with van der Waals surface area (Å²) in [7, 11) is -1.82. The number of hydrogen-bond acceptors (Lipinski definition) is 2. The molecule has 0 bridgehead atoms. The van der Waals surface area contributed by atoms with Gasteiger partial charge in [-0.2, -0.15) is 0 Å². The average Bonchev–Trinajstić information content (AvgIpc) is 2.29. The average molecular weight is 483 g/mol. The molecule has 0 aromatic heterocycles. The van der Waals surface area contributed by atoms with E-state index in [0.29, 0.717) is 6.42 Å². The molecule has 21 heavy (non-hydrogen) atoms. The molecule has 0 aliphatic heterocycles. The number of ketones is 1. The fraction of sp³-hybridized carbons (Fsp3) is 0.562. The van der Waals surface area contributed by atoms with Crippen molar-refractivity contribution in [1.29, 1.82) is 0 Å². The first-order valence-electron chi connectivity index (χ1n) is 7.10. The summed E-state index contributed by atoms with van der Waals surface area (Å²) in [5, 5.41) is 0.161. The molecule has 1 aromatic rings. The van der Waals surface area contributed by atoms with E-state index < -0.39 is 8.32 Å². The maximum atomic E-state index is 12.5. The SMILES string of the molecule is CC(CC(=O)c1cc(Br)ccc1I)O[Si](C)(C)C(C)(C)C. The third-order valence-corrected chi connectivity index (χ3v) is 10.0. The van der Waals surface area contributed by atoms with E-state index in [1.165, 1.54) is 0 Å². The molecule has 0 saturated heterocycles. The zero-order chi connectivity index (χ0) is 16.4. The first-order chi connectivity index (χ1) is 9.44. The predicted molar refractivity (Wildman–Crippen MR) is 104 cm³/mol. The number of benzene rings is 1. The summed E-state index contributed by atoms with van der Waals surface area (Å²) in [5.41, 5.74) is 0.774. The predicted octanol–water partition coefficient (Wildman–Crippen LogP) is 6.04. The largest absolute Gasteiger partial charge is 0.414 e. The van der Waals surface area contributed by atoms with Crippen molar-refractivity contribution in [3.63, 3.8) is 0 Å². The van der Waals surface area contributed by atoms with Crippen molar-refractivity contribution >= 4 is 52.6 Å². The van der Waals surface area contributed by atoms with Crippen LogP contribution in [-0.4, -0.2) is 20.2 Å². The van der Waals surface area contributed by atoms with Crippen LogP contribution in [-0.2, 0) is 4.43 Å². The van der Waals surface area contributed by atoms with E-state index in [1.54, 1.807) is 0 Å². The van der Waals surface area contributed by atoms with Crippen molar-refractivity contribution in [1.82, 2.24) is 0 Å². The van der Waals surface area contributed by atoms with Gasteiger partial charge in [-0.25, -0.2) is 0 Å². The Labute approximate surface area is 151 Å². The quantitative estimate of drug-likeness (QED) is 0.290. The fourth-order valence-electron chi connectivity index (χ4n) is 1.80. The monoisotopic (exact) mass is 482 g/mol. The standard InChI is InChI=1S/C16H24BrIO2Si/c1-11(20-21(5,6)16(2,3)4)9-15(19)13-10-12(17)7-8-14(13)18/h7-8,10-11H,9H2,1-6H3. The third-order valence-electron chi connectivity index (χ3n) is 4.00. The highest BCUT2D eigenvalue weighted by Crippen LogP contribution is 2.37. The van der Waals surface area contributed by atoms with Gasteiger partial charge in [-0.15, -0.1) is 0 Å². The summed E-state index contributed by atoms with van der Waals surface area (Å²) in [6, 6.07) is 5.80. The lowest BCUT2D eigenvalue weighted by atomic mass is 10.1. The van der Waals surface area contributed by atoms with Crippen LogP contribution in [0.3, 0.4) is 0 Å². The van der Waals surface area contributed by atoms with Crippen LogP contribution >= 0.6 is 38.5 Å². The van der Waals surface area contributed by atoms with Gasteiger partial charge in [0.25, 0.3) is 0 Å². The van der Waals surface area contributed by atoms with Crippen molar-refractivity contribution in [2.75, 3.05) is 0 Å². The van der Waals surface area contributed by atoms with Gasteiger partial charge in [0.15, 0.2) is 14.1 Å². The van der Waals surface area contributed by atoms with Crippen LogP contribution in [0.2, 0.25) is 18.1 Å². The van der Waals surface area contributed by atoms with E-state index in [9.17, 15) is 4.79 Å². The Kier molecular flexibility index (Phi) is 6.66. The van der Waals surface area contributed by atoms with Gasteiger partial charge in [-0.05, 0) is 65.8 Å². The second kappa shape index (κ2) is 7.23. The third kappa shape index (κ3) is 5.44. The molecule has 118 valence electrons. The Morgan fingerprint density at radius 1 is 1.38 bits per heavy atom. The van der Waals surface area contributed by atoms with E-state index in [-0.39, 0.29) is 16.9 Å². The summed E-state index contributed by atoms with van der Waals surface area (Å²) in [4.78, 5) is 12.5. The minimum Gasteiger partial charge on any atom is -0.414 e. The van der Waals surface area contributed by atoms with Crippen molar-refractivity contribution in [2.24, 2.45) is 0 Å². The van der Waals surface area contributed by atoms with E-state index >= 15 is 0 Å². The van der Waals surface area contributed by atoms with Crippen LogP contribution in [0.15, 0.2) is 22.7 Å². The minimum absolute atomic E-state index is 0.0480. The number of rotatable bonds is 5. The fourth-order valence-corrected chi connectivity index (χ4v) is 4.24. The molecular formula is C16H24BrIO2Si. The normalized spacial score (nSPS) is 14.1. The molecule has 1 unspecified atom stereocenters. The van der Waals surface area contributed by atoms with E-state index in [1.807, 2.05) is 25.1 Å². The molecule has 2 nitrogen and oxygen atoms in total. The molecule has 1 rings (SSSR count). The zero-order valence-corrected chi connectivity index (χ0v) is 18.3. The molecule has 0 fully saturated rings. The molecule has 0 aliphatic rings. The molecule has 0 spiro atoms. The molecule has 1 atom stereocenters. The van der Waals surface area contributed by atoms with Gasteiger partial charge in [0.2, 0.25) is 0 Å². The number of carbonyl (C=O) groups is 1. The second-order valence-electron chi connectivity index (χ2n) is 6.94. The minimum atomic E-state index is -1.82. The maximum absolute atomic E-state index is 12.5. The second-order valence-corrected chi connectivity index (χ2v) is 13.8. The van der Waals surface area contributed by atoms with Crippen molar-refractivity contribution in [3.05, 3.63) is 31.8 Å². The van der Waals surface area contributed by atoms with Gasteiger partial charge in [0, 0.05) is 26.1 Å². The molecular weight excluding hydrogens is 459 g/mol. The van der Waals surface area contributed by atoms with E-state index in [4.69, 9.17) is 4.43 Å². The summed E-state index contributed by atoms with van der Waals surface area (Å²) < 4.78 is 8.19. The Morgan fingerprint density at radius 3 is 2.48 bits per heavy atom. The van der Waals surface area contributed by atoms with Gasteiger partial charge in [-0.3, -0.25) is 4.79 Å². The highest BCUT2D eigenvalue weighted by Gasteiger charge is 2.38. The molecule has 1 aromatic carbocycles. The summed E-state index contributed by atoms with van der Waals surface area (Å²) in [5.74, 6) is 0.145. The van der Waals surface area contributed by atoms with Crippen molar-refractivity contribution in [3.8, 4) is 0 Å². The Balaban J connectivity index is 2.77. The Morgan fingerprint density at radius 2 is 1.95 bits per heavy atom. The lowest BCUT2D eigenvalue weighted by molar-refractivity contribution is 0.0908. The van der Waals surface area contributed by atoms with Crippen LogP contribution < -0.4 is 0 Å². The number of hydrogen-bond donors (Lipinski definition) is 0. The lowest BCUT2D eigenvalue weighted by Gasteiger charge is -2.38. The van der Waals surface area contributed by atoms with Crippen molar-refractivity contribution in [2.45, 2.75) is 58.4 Å². The van der Waals surface area contributed by atoms with E-state index in [2.05, 4.69) is 72.4 Å². The van der Waals surface area contributed by atoms with Gasteiger partial charge >= 0.3 is 0 Å². The number of halogens is 2. The van der Waals surface area contributed by atoms with Crippen LogP contribution in [0.1, 0.15) is 44.5 Å². The molecule has 0 radical (unpaired) electrons. The highest BCUT2D eigenvalue weighted by molar-refractivity contribution is 14.1. The Bertz CT molecular complexity index is 523. The molecule has 0 amide bonds. The van der Waals surface area contributed by atoms with Gasteiger partial charge in [-0.1, -0.05) is 36.7 Å². The maximum Gasteiger partial charge on any atom is 0.192 e. The van der Waals surface area contributed by atoms with Gasteiger partial charge < -0.3 is 4.43 Å². The summed E-state index contributed by atoms with van der Waals surface area (Å²) >= 11 is 5.63. The number of carbonyl (C=O) groups excluding carboxylic acids is 1. The van der Waals surface area contributed by atoms with Gasteiger partial charge in [0.1, 0.15) is 0 Å². The van der Waals surface area contributed by atoms with Crippen LogP contribution in [0.5, 0.6) is 0 Å². The lowest BCUT2D eigenvalue weighted by Crippen LogP contribution is -2.43. The molecule has 0 saturated carbocycles. The van der Waals surface area contributed by atoms with E-state index in [0.717, 1.165) is 13.6 Å². The highest BCUT2D eigenvalue weighted by atomic mass is 127. The first kappa shape index (κ1) is 19.3. The zero-order valence-electron chi connectivity index (χ0n) is 13.6. The topological polar surface area (TPSA) is 26.3 Å². The first-order valence-corrected chi connectivity index (χ1v) is 11.9. The number of Topliss-reactive ketones (excluding diaryl/α,β-unsaturated/α-hetero) is 1. The molecule has 0 N–H and O–H groups in total. The molecule has 5 heteroatoms. The van der Waals surface area contributed by atoms with Crippen LogP contribution in [0.25, 0.3) is 0 Å². The molecule has 0 heterocycles. The van der Waals surface area contributed by atoms with Crippen LogP contribution in [0.4, 0.5) is 0 Å².